The smallest absolute Gasteiger partial charge is 0.235 e. The molecule has 0 fully saturated rings. The monoisotopic (exact) mass is 213 g/mol. The van der Waals surface area contributed by atoms with Crippen molar-refractivity contribution >= 4 is 17.5 Å². The molecule has 1 rings (SSSR count). The first-order valence-electron chi connectivity index (χ1n) is 4.24. The molecular weight excluding hydrogens is 202 g/mol. The van der Waals surface area contributed by atoms with E-state index in [2.05, 4.69) is 5.32 Å². The van der Waals surface area contributed by atoms with Crippen LogP contribution in [0.4, 0.5) is 0 Å². The molecule has 1 aromatic rings. The Balaban J connectivity index is 2.60. The first-order valence-corrected chi connectivity index (χ1v) is 4.78. The minimum Gasteiger partial charge on any atom is -0.508 e. The number of hydrogen-bond acceptors (Lipinski definition) is 2. The minimum atomic E-state index is -0.216. The second-order valence-corrected chi connectivity index (χ2v) is 3.30. The third kappa shape index (κ3) is 2.92. The molecule has 0 saturated carbocycles. The van der Waals surface area contributed by atoms with Crippen molar-refractivity contribution in [3.63, 3.8) is 0 Å². The van der Waals surface area contributed by atoms with Crippen molar-refractivity contribution < 1.29 is 9.90 Å². The van der Waals surface area contributed by atoms with E-state index >= 15 is 0 Å². The van der Waals surface area contributed by atoms with Gasteiger partial charge in [-0.05, 0) is 24.1 Å². The maximum Gasteiger partial charge on any atom is 0.235 e. The maximum atomic E-state index is 10.8. The van der Waals surface area contributed by atoms with Gasteiger partial charge in [-0.25, -0.2) is 0 Å². The molecule has 0 heterocycles. The Morgan fingerprint density at radius 3 is 2.86 bits per heavy atom. The summed E-state index contributed by atoms with van der Waals surface area (Å²) in [5.74, 6) is -0.0213. The number of phenols is 1. The zero-order valence-electron chi connectivity index (χ0n) is 7.88. The molecule has 0 spiro atoms. The number of aryl methyl sites for hydroxylation is 1. The highest BCUT2D eigenvalue weighted by atomic mass is 35.5. The van der Waals surface area contributed by atoms with Crippen molar-refractivity contribution in [1.82, 2.24) is 5.32 Å². The number of halogens is 1. The van der Waals surface area contributed by atoms with Gasteiger partial charge in [-0.1, -0.05) is 12.1 Å². The molecule has 3 nitrogen and oxygen atoms in total. The van der Waals surface area contributed by atoms with E-state index in [1.54, 1.807) is 12.1 Å². The number of amides is 1. The first kappa shape index (κ1) is 10.9. The Labute approximate surface area is 87.7 Å². The summed E-state index contributed by atoms with van der Waals surface area (Å²) in [6.07, 6.45) is 0. The molecule has 0 aliphatic rings. The number of aromatic hydroxyl groups is 1. The fourth-order valence-electron chi connectivity index (χ4n) is 1.01. The van der Waals surface area contributed by atoms with Gasteiger partial charge < -0.3 is 10.4 Å². The van der Waals surface area contributed by atoms with E-state index in [0.29, 0.717) is 6.54 Å². The van der Waals surface area contributed by atoms with E-state index in [9.17, 15) is 9.90 Å². The van der Waals surface area contributed by atoms with Crippen LogP contribution in [0.3, 0.4) is 0 Å². The van der Waals surface area contributed by atoms with Crippen LogP contribution in [0.5, 0.6) is 5.75 Å². The molecule has 14 heavy (non-hydrogen) atoms. The van der Waals surface area contributed by atoms with Crippen LogP contribution in [-0.2, 0) is 11.3 Å². The number of nitrogens with one attached hydrogen (secondary N) is 1. The van der Waals surface area contributed by atoms with E-state index in [1.807, 2.05) is 13.0 Å². The highest BCUT2D eigenvalue weighted by molar-refractivity contribution is 6.27. The highest BCUT2D eigenvalue weighted by Crippen LogP contribution is 2.16. The zero-order valence-corrected chi connectivity index (χ0v) is 8.64. The number of benzene rings is 1. The Morgan fingerprint density at radius 1 is 1.57 bits per heavy atom. The number of phenolic OH excluding ortho intramolecular Hbond substituents is 1. The van der Waals surface area contributed by atoms with Gasteiger partial charge in [0.25, 0.3) is 0 Å². The second-order valence-electron chi connectivity index (χ2n) is 3.03. The molecule has 1 aromatic carbocycles. The highest BCUT2D eigenvalue weighted by Gasteiger charge is 2.00. The summed E-state index contributed by atoms with van der Waals surface area (Å²) < 4.78 is 0. The maximum absolute atomic E-state index is 10.8. The van der Waals surface area contributed by atoms with E-state index in [4.69, 9.17) is 11.6 Å². The molecule has 76 valence electrons. The predicted molar refractivity (Wildman–Crippen MR) is 55.4 cm³/mol. The van der Waals surface area contributed by atoms with Crippen LogP contribution < -0.4 is 5.32 Å². The van der Waals surface area contributed by atoms with E-state index in [0.717, 1.165) is 11.1 Å². The summed E-state index contributed by atoms with van der Waals surface area (Å²) in [5.41, 5.74) is 1.67. The Bertz CT molecular complexity index is 339. The summed E-state index contributed by atoms with van der Waals surface area (Å²) >= 11 is 5.31. The summed E-state index contributed by atoms with van der Waals surface area (Å²) in [6, 6.07) is 5.28. The SMILES string of the molecule is Cc1ccc(CNC(=O)CCl)cc1O. The summed E-state index contributed by atoms with van der Waals surface area (Å²) in [4.78, 5) is 10.8. The Kier molecular flexibility index (Phi) is 3.77. The van der Waals surface area contributed by atoms with Gasteiger partial charge in [-0.3, -0.25) is 4.79 Å². The largest absolute Gasteiger partial charge is 0.508 e. The van der Waals surface area contributed by atoms with Crippen molar-refractivity contribution in [1.29, 1.82) is 0 Å². The summed E-state index contributed by atoms with van der Waals surface area (Å²) in [7, 11) is 0. The zero-order chi connectivity index (χ0) is 10.6. The average Bonchev–Trinajstić information content (AvgIpc) is 2.19. The molecule has 0 radical (unpaired) electrons. The summed E-state index contributed by atoms with van der Waals surface area (Å²) in [6.45, 7) is 2.20. The molecule has 4 heteroatoms. The van der Waals surface area contributed by atoms with Crippen LogP contribution >= 0.6 is 11.6 Å². The number of alkyl halides is 1. The lowest BCUT2D eigenvalue weighted by Gasteiger charge is -2.05. The number of rotatable bonds is 3. The van der Waals surface area contributed by atoms with Crippen molar-refractivity contribution in [2.75, 3.05) is 5.88 Å². The average molecular weight is 214 g/mol. The van der Waals surface area contributed by atoms with Gasteiger partial charge in [0.2, 0.25) is 5.91 Å². The standard InChI is InChI=1S/C10H12ClNO2/c1-7-2-3-8(4-9(7)13)6-12-10(14)5-11/h2-4,13H,5-6H2,1H3,(H,12,14). The molecule has 2 N–H and O–H groups in total. The van der Waals surface area contributed by atoms with E-state index < -0.39 is 0 Å². The van der Waals surface area contributed by atoms with Crippen LogP contribution in [0.1, 0.15) is 11.1 Å². The molecule has 0 bridgehead atoms. The first-order chi connectivity index (χ1) is 6.63. The lowest BCUT2D eigenvalue weighted by molar-refractivity contribution is -0.118. The van der Waals surface area contributed by atoms with Crippen molar-refractivity contribution in [3.8, 4) is 5.75 Å². The van der Waals surface area contributed by atoms with Crippen molar-refractivity contribution in [2.45, 2.75) is 13.5 Å². The van der Waals surface area contributed by atoms with Gasteiger partial charge in [-0.15, -0.1) is 11.6 Å². The van der Waals surface area contributed by atoms with Crippen LogP contribution in [0.25, 0.3) is 0 Å². The van der Waals surface area contributed by atoms with Gasteiger partial charge in [-0.2, -0.15) is 0 Å². The second kappa shape index (κ2) is 4.86. The van der Waals surface area contributed by atoms with Gasteiger partial charge in [0.15, 0.2) is 0 Å². The third-order valence-electron chi connectivity index (χ3n) is 1.88. The molecule has 0 aromatic heterocycles. The topological polar surface area (TPSA) is 49.3 Å². The molecular formula is C10H12ClNO2. The number of carbonyl (C=O) groups is 1. The molecule has 0 unspecified atom stereocenters. The van der Waals surface area contributed by atoms with Gasteiger partial charge in [0.05, 0.1) is 0 Å². The molecule has 0 saturated heterocycles. The lowest BCUT2D eigenvalue weighted by Crippen LogP contribution is -2.23. The summed E-state index contributed by atoms with van der Waals surface area (Å²) in [5, 5.41) is 12.0. The van der Waals surface area contributed by atoms with Crippen LogP contribution in [0.2, 0.25) is 0 Å². The molecule has 0 atom stereocenters. The van der Waals surface area contributed by atoms with E-state index in [1.165, 1.54) is 0 Å². The number of hydrogen-bond donors (Lipinski definition) is 2. The van der Waals surface area contributed by atoms with Crippen molar-refractivity contribution in [3.05, 3.63) is 29.3 Å². The molecule has 0 aliphatic heterocycles. The quantitative estimate of drug-likeness (QED) is 0.749. The normalized spacial score (nSPS) is 9.86. The molecule has 0 aliphatic carbocycles. The third-order valence-corrected chi connectivity index (χ3v) is 2.13. The lowest BCUT2D eigenvalue weighted by atomic mass is 10.1. The van der Waals surface area contributed by atoms with Gasteiger partial charge in [0.1, 0.15) is 11.6 Å². The molecule has 1 amide bonds. The predicted octanol–water partition coefficient (Wildman–Crippen LogP) is 1.56. The van der Waals surface area contributed by atoms with Gasteiger partial charge in [0, 0.05) is 6.54 Å². The van der Waals surface area contributed by atoms with Gasteiger partial charge >= 0.3 is 0 Å². The van der Waals surface area contributed by atoms with E-state index in [-0.39, 0.29) is 17.5 Å². The Morgan fingerprint density at radius 2 is 2.29 bits per heavy atom. The fraction of sp³-hybridized carbons (Fsp3) is 0.300. The minimum absolute atomic E-state index is 0.0438. The van der Waals surface area contributed by atoms with Crippen LogP contribution in [0, 0.1) is 6.92 Å². The Hall–Kier alpha value is -1.22. The van der Waals surface area contributed by atoms with Crippen LogP contribution in [0.15, 0.2) is 18.2 Å². The van der Waals surface area contributed by atoms with Crippen molar-refractivity contribution in [2.24, 2.45) is 0 Å². The fourth-order valence-corrected chi connectivity index (χ4v) is 1.11. The number of carbonyl (C=O) groups excluding carboxylic acids is 1. The van der Waals surface area contributed by atoms with Crippen LogP contribution in [-0.4, -0.2) is 16.9 Å².